The number of sulfonamides is 1. The first kappa shape index (κ1) is 14.2. The van der Waals surface area contributed by atoms with Gasteiger partial charge < -0.3 is 10.6 Å². The predicted octanol–water partition coefficient (Wildman–Crippen LogP) is 0.820. The molecular formula is C9H18N4O2S2. The summed E-state index contributed by atoms with van der Waals surface area (Å²) >= 11 is 1.10. The van der Waals surface area contributed by atoms with E-state index in [0.717, 1.165) is 15.8 Å². The summed E-state index contributed by atoms with van der Waals surface area (Å²) in [6.45, 7) is 3.95. The largest absolute Gasteiger partial charge is 0.382 e. The molecule has 0 aliphatic heterocycles. The molecule has 0 unspecified atom stereocenters. The molecule has 0 saturated carbocycles. The highest BCUT2D eigenvalue weighted by Gasteiger charge is 2.29. The third-order valence-electron chi connectivity index (χ3n) is 2.49. The molecule has 1 rings (SSSR count). The Labute approximate surface area is 106 Å². The molecule has 0 aliphatic rings. The fourth-order valence-corrected chi connectivity index (χ4v) is 3.50. The summed E-state index contributed by atoms with van der Waals surface area (Å²) in [6.07, 6.45) is 0. The Kier molecular flexibility index (Phi) is 4.00. The van der Waals surface area contributed by atoms with E-state index in [1.54, 1.807) is 0 Å². The van der Waals surface area contributed by atoms with Gasteiger partial charge in [0.25, 0.3) is 0 Å². The molecule has 0 amide bonds. The zero-order chi connectivity index (χ0) is 13.4. The molecular weight excluding hydrogens is 260 g/mol. The smallest absolute Gasteiger partial charge is 0.249 e. The molecule has 2 N–H and O–H groups in total. The molecule has 1 aromatic rings. The van der Waals surface area contributed by atoms with Gasteiger partial charge in [-0.15, -0.1) is 0 Å². The van der Waals surface area contributed by atoms with Crippen molar-refractivity contribution in [3.05, 3.63) is 0 Å². The molecule has 17 heavy (non-hydrogen) atoms. The number of nitrogens with two attached hydrogens (primary N) is 1. The van der Waals surface area contributed by atoms with Gasteiger partial charge >= 0.3 is 0 Å². The molecule has 0 aromatic carbocycles. The van der Waals surface area contributed by atoms with Crippen LogP contribution in [0.4, 0.5) is 10.8 Å². The number of nitrogen functional groups attached to an aromatic ring is 1. The van der Waals surface area contributed by atoms with Crippen LogP contribution in [-0.4, -0.2) is 44.3 Å². The molecule has 0 saturated heterocycles. The van der Waals surface area contributed by atoms with E-state index in [-0.39, 0.29) is 16.8 Å². The van der Waals surface area contributed by atoms with Gasteiger partial charge in [0, 0.05) is 27.2 Å². The van der Waals surface area contributed by atoms with Crippen molar-refractivity contribution in [2.45, 2.75) is 24.8 Å². The maximum Gasteiger partial charge on any atom is 0.249 e. The summed E-state index contributed by atoms with van der Waals surface area (Å²) in [6, 6.07) is 0.172. The minimum Gasteiger partial charge on any atom is -0.382 e. The Bertz CT molecular complexity index is 493. The molecule has 1 aromatic heterocycles. The highest BCUT2D eigenvalue weighted by atomic mass is 32.2. The molecule has 1 heterocycles. The van der Waals surface area contributed by atoms with Crippen molar-refractivity contribution in [3.8, 4) is 0 Å². The van der Waals surface area contributed by atoms with Crippen LogP contribution >= 0.6 is 11.5 Å². The molecule has 0 radical (unpaired) electrons. The summed E-state index contributed by atoms with van der Waals surface area (Å²) < 4.78 is 29.4. The Morgan fingerprint density at radius 1 is 1.29 bits per heavy atom. The van der Waals surface area contributed by atoms with Crippen LogP contribution in [0.3, 0.4) is 0 Å². The van der Waals surface area contributed by atoms with Gasteiger partial charge in [-0.1, -0.05) is 0 Å². The van der Waals surface area contributed by atoms with Crippen LogP contribution in [0.25, 0.3) is 0 Å². The molecule has 0 atom stereocenters. The predicted molar refractivity (Wildman–Crippen MR) is 70.9 cm³/mol. The van der Waals surface area contributed by atoms with Crippen LogP contribution in [0.15, 0.2) is 4.90 Å². The summed E-state index contributed by atoms with van der Waals surface area (Å²) in [5, 5.41) is 0.575. The van der Waals surface area contributed by atoms with Crippen molar-refractivity contribution < 1.29 is 8.42 Å². The van der Waals surface area contributed by atoms with Crippen LogP contribution in [-0.2, 0) is 10.0 Å². The van der Waals surface area contributed by atoms with E-state index in [9.17, 15) is 8.42 Å². The second-order valence-electron chi connectivity index (χ2n) is 4.19. The average molecular weight is 278 g/mol. The molecule has 0 aliphatic carbocycles. The Morgan fingerprint density at radius 3 is 2.24 bits per heavy atom. The van der Waals surface area contributed by atoms with Crippen LogP contribution < -0.4 is 10.6 Å². The third-order valence-corrected chi connectivity index (χ3v) is 5.45. The van der Waals surface area contributed by atoms with Gasteiger partial charge in [-0.05, 0) is 25.4 Å². The SMILES string of the molecule is CC(C)N(C)c1snc(N)c1S(=O)(=O)N(C)C. The quantitative estimate of drug-likeness (QED) is 0.882. The molecule has 0 spiro atoms. The van der Waals surface area contributed by atoms with Crippen molar-refractivity contribution in [1.82, 2.24) is 8.68 Å². The average Bonchev–Trinajstić information content (AvgIpc) is 2.58. The third kappa shape index (κ3) is 2.53. The number of rotatable bonds is 4. The van der Waals surface area contributed by atoms with Gasteiger partial charge in [0.15, 0.2) is 10.7 Å². The molecule has 6 nitrogen and oxygen atoms in total. The maximum absolute atomic E-state index is 12.1. The van der Waals surface area contributed by atoms with Crippen LogP contribution in [0.1, 0.15) is 13.8 Å². The van der Waals surface area contributed by atoms with E-state index in [2.05, 4.69) is 4.37 Å². The molecule has 8 heteroatoms. The Morgan fingerprint density at radius 2 is 1.82 bits per heavy atom. The lowest BCUT2D eigenvalue weighted by atomic mass is 10.3. The van der Waals surface area contributed by atoms with Crippen LogP contribution in [0.2, 0.25) is 0 Å². The van der Waals surface area contributed by atoms with Crippen molar-refractivity contribution >= 4 is 32.4 Å². The minimum absolute atomic E-state index is 0.0613. The second kappa shape index (κ2) is 4.79. The summed E-state index contributed by atoms with van der Waals surface area (Å²) in [4.78, 5) is 1.95. The van der Waals surface area contributed by atoms with E-state index in [1.807, 2.05) is 25.8 Å². The highest BCUT2D eigenvalue weighted by Crippen LogP contribution is 2.35. The monoisotopic (exact) mass is 278 g/mol. The lowest BCUT2D eigenvalue weighted by Crippen LogP contribution is -2.29. The first-order valence-corrected chi connectivity index (χ1v) is 7.31. The first-order chi connectivity index (χ1) is 7.69. The van der Waals surface area contributed by atoms with Gasteiger partial charge in [0.05, 0.1) is 0 Å². The number of nitrogens with zero attached hydrogens (tertiary/aromatic N) is 3. The van der Waals surface area contributed by atoms with Crippen LogP contribution in [0.5, 0.6) is 0 Å². The summed E-state index contributed by atoms with van der Waals surface area (Å²) in [5.41, 5.74) is 5.67. The minimum atomic E-state index is -3.56. The molecule has 0 bridgehead atoms. The number of anilines is 2. The maximum atomic E-state index is 12.1. The lowest BCUT2D eigenvalue weighted by Gasteiger charge is -2.23. The van der Waals surface area contributed by atoms with Crippen molar-refractivity contribution in [2.24, 2.45) is 0 Å². The van der Waals surface area contributed by atoms with E-state index < -0.39 is 10.0 Å². The lowest BCUT2D eigenvalue weighted by molar-refractivity contribution is 0.521. The number of aromatic nitrogens is 1. The first-order valence-electron chi connectivity index (χ1n) is 5.10. The Balaban J connectivity index is 3.40. The fourth-order valence-electron chi connectivity index (χ4n) is 1.17. The standard InChI is InChI=1S/C9H18N4O2S2/c1-6(2)13(5)9-7(8(10)11-16-9)17(14,15)12(3)4/h6H,1-5H3,(H2,10,11). The number of hydrogen-bond acceptors (Lipinski definition) is 6. The van der Waals surface area contributed by atoms with E-state index >= 15 is 0 Å². The topological polar surface area (TPSA) is 79.5 Å². The zero-order valence-electron chi connectivity index (χ0n) is 10.6. The van der Waals surface area contributed by atoms with E-state index in [0.29, 0.717) is 5.00 Å². The second-order valence-corrected chi connectivity index (χ2v) is 7.03. The van der Waals surface area contributed by atoms with Gasteiger partial charge in [-0.3, -0.25) is 0 Å². The van der Waals surface area contributed by atoms with Crippen molar-refractivity contribution in [3.63, 3.8) is 0 Å². The van der Waals surface area contributed by atoms with Crippen molar-refractivity contribution in [2.75, 3.05) is 31.8 Å². The zero-order valence-corrected chi connectivity index (χ0v) is 12.3. The molecule has 0 fully saturated rings. The van der Waals surface area contributed by atoms with E-state index in [4.69, 9.17) is 5.73 Å². The summed E-state index contributed by atoms with van der Waals surface area (Å²) in [7, 11) is 1.22. The fraction of sp³-hybridized carbons (Fsp3) is 0.667. The van der Waals surface area contributed by atoms with Gasteiger partial charge in [-0.25, -0.2) is 12.7 Å². The van der Waals surface area contributed by atoms with Crippen molar-refractivity contribution in [1.29, 1.82) is 0 Å². The highest BCUT2D eigenvalue weighted by molar-refractivity contribution is 7.89. The summed E-state index contributed by atoms with van der Waals surface area (Å²) in [5.74, 6) is 0.0613. The normalized spacial score (nSPS) is 12.4. The van der Waals surface area contributed by atoms with Crippen LogP contribution in [0, 0.1) is 0 Å². The van der Waals surface area contributed by atoms with Gasteiger partial charge in [-0.2, -0.15) is 4.37 Å². The van der Waals surface area contributed by atoms with Gasteiger partial charge in [0.1, 0.15) is 5.00 Å². The number of hydrogen-bond donors (Lipinski definition) is 1. The molecule has 98 valence electrons. The van der Waals surface area contributed by atoms with E-state index in [1.165, 1.54) is 14.1 Å². The Hall–Kier alpha value is -0.860. The van der Waals surface area contributed by atoms with Gasteiger partial charge in [0.2, 0.25) is 10.0 Å².